The second kappa shape index (κ2) is 3.64. The molecule has 2 rings (SSSR count). The van der Waals surface area contributed by atoms with Gasteiger partial charge in [-0.3, -0.25) is 4.40 Å². The minimum atomic E-state index is -0.695. The number of fused-ring (bicyclic) bond motifs is 1. The molecule has 1 atom stereocenters. The number of aromatic nitrogens is 3. The van der Waals surface area contributed by atoms with E-state index in [9.17, 15) is 5.11 Å². The Morgan fingerprint density at radius 2 is 2.29 bits per heavy atom. The zero-order valence-electron chi connectivity index (χ0n) is 7.26. The number of hydrogen-bond acceptors (Lipinski definition) is 4. The van der Waals surface area contributed by atoms with Gasteiger partial charge in [0.05, 0.1) is 18.1 Å². The Morgan fingerprint density at radius 3 is 3.00 bits per heavy atom. The molecule has 0 bridgehead atoms. The smallest absolute Gasteiger partial charge is 0.155 e. The third-order valence-electron chi connectivity index (χ3n) is 1.96. The van der Waals surface area contributed by atoms with Gasteiger partial charge in [-0.2, -0.15) is 0 Å². The maximum absolute atomic E-state index is 9.59. The van der Waals surface area contributed by atoms with Gasteiger partial charge in [-0.25, -0.2) is 9.97 Å². The van der Waals surface area contributed by atoms with E-state index in [2.05, 4.69) is 25.9 Å². The lowest BCUT2D eigenvalue weighted by Gasteiger charge is -2.06. The van der Waals surface area contributed by atoms with Gasteiger partial charge in [0.25, 0.3) is 0 Å². The van der Waals surface area contributed by atoms with Crippen molar-refractivity contribution in [1.82, 2.24) is 14.4 Å². The van der Waals surface area contributed by atoms with Crippen LogP contribution in [-0.2, 0) is 0 Å². The van der Waals surface area contributed by atoms with Crippen LogP contribution >= 0.6 is 15.9 Å². The van der Waals surface area contributed by atoms with Crippen molar-refractivity contribution in [3.63, 3.8) is 0 Å². The zero-order valence-corrected chi connectivity index (χ0v) is 8.85. The molecule has 1 unspecified atom stereocenters. The fourth-order valence-corrected chi connectivity index (χ4v) is 1.56. The Morgan fingerprint density at radius 1 is 1.50 bits per heavy atom. The molecule has 0 aromatic carbocycles. The maximum atomic E-state index is 9.59. The molecule has 0 aliphatic heterocycles. The summed E-state index contributed by atoms with van der Waals surface area (Å²) in [6, 6.07) is 0. The molecule has 0 fully saturated rings. The van der Waals surface area contributed by atoms with Crippen molar-refractivity contribution < 1.29 is 5.11 Å². The van der Waals surface area contributed by atoms with E-state index < -0.39 is 6.10 Å². The molecule has 2 aromatic rings. The largest absolute Gasteiger partial charge is 0.385 e. The number of rotatable bonds is 2. The SMILES string of the molecule is NCC(O)c1cnc2cnc(Br)cn12. The fraction of sp³-hybridized carbons (Fsp3) is 0.250. The lowest BCUT2D eigenvalue weighted by atomic mass is 10.3. The van der Waals surface area contributed by atoms with E-state index in [0.717, 1.165) is 0 Å². The van der Waals surface area contributed by atoms with Gasteiger partial charge in [-0.15, -0.1) is 0 Å². The second-order valence-corrected chi connectivity index (χ2v) is 3.69. The van der Waals surface area contributed by atoms with Gasteiger partial charge >= 0.3 is 0 Å². The Bertz CT molecular complexity index is 456. The van der Waals surface area contributed by atoms with Crippen molar-refractivity contribution in [3.8, 4) is 0 Å². The lowest BCUT2D eigenvalue weighted by molar-refractivity contribution is 0.181. The average Bonchev–Trinajstić information content (AvgIpc) is 2.59. The van der Waals surface area contributed by atoms with Gasteiger partial charge in [-0.05, 0) is 15.9 Å². The van der Waals surface area contributed by atoms with Crippen molar-refractivity contribution in [1.29, 1.82) is 0 Å². The molecule has 0 radical (unpaired) electrons. The summed E-state index contributed by atoms with van der Waals surface area (Å²) in [4.78, 5) is 8.12. The fourth-order valence-electron chi connectivity index (χ4n) is 1.25. The minimum absolute atomic E-state index is 0.174. The molecule has 0 spiro atoms. The number of nitrogens with two attached hydrogens (primary N) is 1. The first-order valence-electron chi connectivity index (χ1n) is 4.09. The van der Waals surface area contributed by atoms with E-state index in [4.69, 9.17) is 5.73 Å². The number of imidazole rings is 1. The molecule has 0 saturated carbocycles. The molecule has 6 heteroatoms. The van der Waals surface area contributed by atoms with Crippen LogP contribution in [0.25, 0.3) is 5.65 Å². The molecule has 0 aliphatic rings. The van der Waals surface area contributed by atoms with Gasteiger partial charge in [-0.1, -0.05) is 0 Å². The van der Waals surface area contributed by atoms with Crippen molar-refractivity contribution >= 4 is 21.6 Å². The summed E-state index contributed by atoms with van der Waals surface area (Å²) in [5.41, 5.74) is 6.74. The maximum Gasteiger partial charge on any atom is 0.155 e. The topological polar surface area (TPSA) is 76.4 Å². The number of aliphatic hydroxyl groups is 1. The summed E-state index contributed by atoms with van der Waals surface area (Å²) in [5.74, 6) is 0. The number of halogens is 1. The summed E-state index contributed by atoms with van der Waals surface area (Å²) < 4.78 is 2.45. The zero-order chi connectivity index (χ0) is 10.1. The number of nitrogens with zero attached hydrogens (tertiary/aromatic N) is 3. The van der Waals surface area contributed by atoms with Crippen molar-refractivity contribution in [3.05, 3.63) is 28.9 Å². The quantitative estimate of drug-likeness (QED) is 0.820. The summed E-state index contributed by atoms with van der Waals surface area (Å²) in [6.07, 6.45) is 4.27. The third kappa shape index (κ3) is 1.52. The van der Waals surface area contributed by atoms with E-state index in [0.29, 0.717) is 15.9 Å². The van der Waals surface area contributed by atoms with Crippen molar-refractivity contribution in [2.24, 2.45) is 5.73 Å². The average molecular weight is 257 g/mol. The standard InChI is InChI=1S/C8H9BrN4O/c9-7-4-13-5(6(14)1-10)2-12-8(13)3-11-7/h2-4,6,14H,1,10H2. The third-order valence-corrected chi connectivity index (χ3v) is 2.37. The molecule has 0 aliphatic carbocycles. The second-order valence-electron chi connectivity index (χ2n) is 2.87. The molecular formula is C8H9BrN4O. The number of hydrogen-bond donors (Lipinski definition) is 2. The van der Waals surface area contributed by atoms with Crippen LogP contribution in [0.2, 0.25) is 0 Å². The van der Waals surface area contributed by atoms with Gasteiger partial charge in [0, 0.05) is 12.7 Å². The normalized spacial score (nSPS) is 13.4. The van der Waals surface area contributed by atoms with Crippen LogP contribution in [0.4, 0.5) is 0 Å². The van der Waals surface area contributed by atoms with Crippen LogP contribution in [0, 0.1) is 0 Å². The van der Waals surface area contributed by atoms with Gasteiger partial charge in [0.2, 0.25) is 0 Å². The monoisotopic (exact) mass is 256 g/mol. The molecule has 3 N–H and O–H groups in total. The van der Waals surface area contributed by atoms with Gasteiger partial charge in [0.15, 0.2) is 5.65 Å². The van der Waals surface area contributed by atoms with E-state index in [1.165, 1.54) is 0 Å². The highest BCUT2D eigenvalue weighted by atomic mass is 79.9. The van der Waals surface area contributed by atoms with Crippen LogP contribution in [0.5, 0.6) is 0 Å². The van der Waals surface area contributed by atoms with E-state index in [1.54, 1.807) is 23.0 Å². The molecule has 2 heterocycles. The van der Waals surface area contributed by atoms with Crippen LogP contribution < -0.4 is 5.73 Å². The number of aliphatic hydroxyl groups excluding tert-OH is 1. The first-order valence-corrected chi connectivity index (χ1v) is 4.88. The van der Waals surface area contributed by atoms with Crippen LogP contribution in [-0.4, -0.2) is 26.0 Å². The minimum Gasteiger partial charge on any atom is -0.385 e. The molecule has 5 nitrogen and oxygen atoms in total. The first-order chi connectivity index (χ1) is 6.72. The first kappa shape index (κ1) is 9.57. The Labute approximate surface area is 88.7 Å². The molecule has 0 amide bonds. The van der Waals surface area contributed by atoms with Crippen LogP contribution in [0.1, 0.15) is 11.8 Å². The van der Waals surface area contributed by atoms with Crippen molar-refractivity contribution in [2.45, 2.75) is 6.10 Å². The summed E-state index contributed by atoms with van der Waals surface area (Å²) in [6.45, 7) is 0.174. The van der Waals surface area contributed by atoms with E-state index in [1.807, 2.05) is 0 Å². The highest BCUT2D eigenvalue weighted by molar-refractivity contribution is 9.10. The Balaban J connectivity index is 2.61. The molecule has 74 valence electrons. The molecular weight excluding hydrogens is 248 g/mol. The highest BCUT2D eigenvalue weighted by Crippen LogP contribution is 2.15. The van der Waals surface area contributed by atoms with E-state index >= 15 is 0 Å². The summed E-state index contributed by atoms with van der Waals surface area (Å²) in [5, 5.41) is 9.59. The van der Waals surface area contributed by atoms with Crippen LogP contribution in [0.15, 0.2) is 23.2 Å². The highest BCUT2D eigenvalue weighted by Gasteiger charge is 2.11. The summed E-state index contributed by atoms with van der Waals surface area (Å²) >= 11 is 3.25. The van der Waals surface area contributed by atoms with Gasteiger partial charge < -0.3 is 10.8 Å². The summed E-state index contributed by atoms with van der Waals surface area (Å²) in [7, 11) is 0. The van der Waals surface area contributed by atoms with E-state index in [-0.39, 0.29) is 6.54 Å². The Hall–Kier alpha value is -0.980. The lowest BCUT2D eigenvalue weighted by Crippen LogP contribution is -2.13. The van der Waals surface area contributed by atoms with Crippen molar-refractivity contribution in [2.75, 3.05) is 6.54 Å². The predicted molar refractivity (Wildman–Crippen MR) is 54.7 cm³/mol. The molecule has 14 heavy (non-hydrogen) atoms. The Kier molecular flexibility index (Phi) is 2.49. The van der Waals surface area contributed by atoms with Gasteiger partial charge in [0.1, 0.15) is 10.7 Å². The molecule has 0 saturated heterocycles. The van der Waals surface area contributed by atoms with Crippen LogP contribution in [0.3, 0.4) is 0 Å². The molecule has 2 aromatic heterocycles. The predicted octanol–water partition coefficient (Wildman–Crippen LogP) is 0.484.